The number of hydrogen-bond donors (Lipinski definition) is 1. The number of rotatable bonds is 0. The van der Waals surface area contributed by atoms with Crippen LogP contribution in [-0.4, -0.2) is 12.4 Å². The second-order valence-corrected chi connectivity index (χ2v) is 3.16. The van der Waals surface area contributed by atoms with Gasteiger partial charge in [-0.05, 0) is 18.4 Å². The molecule has 1 aromatic heterocycles. The van der Waals surface area contributed by atoms with E-state index >= 15 is 0 Å². The predicted molar refractivity (Wildman–Crippen MR) is 56.4 cm³/mol. The summed E-state index contributed by atoms with van der Waals surface area (Å²) in [7, 11) is 0. The van der Waals surface area contributed by atoms with E-state index in [0.717, 1.165) is 12.4 Å². The molecule has 0 amide bonds. The lowest BCUT2D eigenvalue weighted by Crippen LogP contribution is -2.09. The van der Waals surface area contributed by atoms with Gasteiger partial charge in [-0.25, -0.2) is 0 Å². The summed E-state index contributed by atoms with van der Waals surface area (Å²) in [6, 6.07) is 2.10. The molecule has 0 aromatic carbocycles. The normalized spacial score (nSPS) is 13.4. The van der Waals surface area contributed by atoms with Crippen LogP contribution in [0.5, 0.6) is 0 Å². The first-order valence-electron chi connectivity index (χ1n) is 4.21. The number of aliphatic imine (C=N–C) groups is 1. The third-order valence-corrected chi connectivity index (χ3v) is 2.60. The molecule has 12 heavy (non-hydrogen) atoms. The van der Waals surface area contributed by atoms with Gasteiger partial charge in [0.1, 0.15) is 6.67 Å². The van der Waals surface area contributed by atoms with E-state index in [1.807, 2.05) is 13.8 Å². The number of fused-ring (bicyclic) bond motifs is 1. The van der Waals surface area contributed by atoms with E-state index in [4.69, 9.17) is 0 Å². The van der Waals surface area contributed by atoms with E-state index in [2.05, 4.69) is 28.7 Å². The van der Waals surface area contributed by atoms with Crippen LogP contribution in [0, 0.1) is 0 Å². The lowest BCUT2D eigenvalue weighted by atomic mass is 10.3. The summed E-state index contributed by atoms with van der Waals surface area (Å²) in [5, 5.41) is 5.28. The van der Waals surface area contributed by atoms with Crippen molar-refractivity contribution in [3.8, 4) is 0 Å². The number of anilines is 1. The molecule has 0 aliphatic carbocycles. The predicted octanol–water partition coefficient (Wildman–Crippen LogP) is 2.97. The van der Waals surface area contributed by atoms with Gasteiger partial charge >= 0.3 is 0 Å². The van der Waals surface area contributed by atoms with Crippen LogP contribution in [0.25, 0.3) is 0 Å². The molecule has 0 bridgehead atoms. The molecule has 2 rings (SSSR count). The quantitative estimate of drug-likeness (QED) is 0.655. The van der Waals surface area contributed by atoms with Crippen molar-refractivity contribution in [1.29, 1.82) is 0 Å². The highest BCUT2D eigenvalue weighted by atomic mass is 32.1. The molecule has 0 unspecified atom stereocenters. The molecule has 0 atom stereocenters. The van der Waals surface area contributed by atoms with Gasteiger partial charge in [0, 0.05) is 0 Å². The Morgan fingerprint density at radius 1 is 1.50 bits per heavy atom. The fraction of sp³-hybridized carbons (Fsp3) is 0.444. The van der Waals surface area contributed by atoms with Crippen LogP contribution in [0.2, 0.25) is 0 Å². The fourth-order valence-corrected chi connectivity index (χ4v) is 1.89. The van der Waals surface area contributed by atoms with Crippen molar-refractivity contribution in [2.24, 2.45) is 4.99 Å². The minimum atomic E-state index is 0.732. The van der Waals surface area contributed by atoms with E-state index in [1.165, 1.54) is 10.6 Å². The van der Waals surface area contributed by atoms with Crippen molar-refractivity contribution in [2.75, 3.05) is 12.0 Å². The summed E-state index contributed by atoms with van der Waals surface area (Å²) in [6.07, 6.45) is 0. The molecule has 1 aliphatic rings. The molecule has 0 spiro atoms. The maximum absolute atomic E-state index is 4.26. The summed E-state index contributed by atoms with van der Waals surface area (Å²) in [5.41, 5.74) is 2.39. The standard InChI is InChI=1S/C7H8N2S.C2H6/c1-5-7-6(2-3-10-7)9-4-8-5;1-2/h2-3,9H,4H2,1H3;1-2H3. The minimum Gasteiger partial charge on any atom is -0.365 e. The molecular weight excluding hydrogens is 168 g/mol. The smallest absolute Gasteiger partial charge is 0.108 e. The first-order chi connectivity index (χ1) is 5.88. The molecule has 0 fully saturated rings. The Morgan fingerprint density at radius 3 is 2.92 bits per heavy atom. The van der Waals surface area contributed by atoms with E-state index in [1.54, 1.807) is 11.3 Å². The molecule has 1 aromatic rings. The number of nitrogens with one attached hydrogen (secondary N) is 1. The van der Waals surface area contributed by atoms with Crippen LogP contribution in [0.4, 0.5) is 5.69 Å². The third-order valence-electron chi connectivity index (χ3n) is 1.58. The summed E-state index contributed by atoms with van der Waals surface area (Å²) in [4.78, 5) is 5.54. The highest BCUT2D eigenvalue weighted by Crippen LogP contribution is 2.25. The molecule has 3 heteroatoms. The zero-order valence-corrected chi connectivity index (χ0v) is 8.53. The van der Waals surface area contributed by atoms with Gasteiger partial charge in [-0.15, -0.1) is 11.3 Å². The highest BCUT2D eigenvalue weighted by Gasteiger charge is 2.09. The second-order valence-electron chi connectivity index (χ2n) is 2.24. The fourth-order valence-electron chi connectivity index (χ4n) is 1.04. The topological polar surface area (TPSA) is 24.4 Å². The Hall–Kier alpha value is -0.830. The summed E-state index contributed by atoms with van der Waals surface area (Å²) in [6.45, 7) is 6.78. The van der Waals surface area contributed by atoms with Crippen LogP contribution < -0.4 is 5.32 Å². The number of thiophene rings is 1. The van der Waals surface area contributed by atoms with Crippen LogP contribution in [0.3, 0.4) is 0 Å². The first kappa shape index (κ1) is 9.26. The zero-order chi connectivity index (χ0) is 8.97. The van der Waals surface area contributed by atoms with E-state index in [-0.39, 0.29) is 0 Å². The Kier molecular flexibility index (Phi) is 3.29. The van der Waals surface area contributed by atoms with Gasteiger partial charge in [-0.2, -0.15) is 0 Å². The molecule has 1 N–H and O–H groups in total. The molecule has 66 valence electrons. The first-order valence-corrected chi connectivity index (χ1v) is 5.08. The second kappa shape index (κ2) is 4.26. The van der Waals surface area contributed by atoms with Gasteiger partial charge in [0.25, 0.3) is 0 Å². The zero-order valence-electron chi connectivity index (χ0n) is 7.72. The molecule has 1 aliphatic heterocycles. The summed E-state index contributed by atoms with van der Waals surface area (Å²) in [5.74, 6) is 0. The average Bonchev–Trinajstić information content (AvgIpc) is 2.57. The van der Waals surface area contributed by atoms with Crippen molar-refractivity contribution >= 4 is 22.7 Å². The van der Waals surface area contributed by atoms with Crippen LogP contribution >= 0.6 is 11.3 Å². The summed E-state index contributed by atoms with van der Waals surface area (Å²) < 4.78 is 0. The summed E-state index contributed by atoms with van der Waals surface area (Å²) >= 11 is 1.74. The highest BCUT2D eigenvalue weighted by molar-refractivity contribution is 7.12. The minimum absolute atomic E-state index is 0.732. The molecule has 2 nitrogen and oxygen atoms in total. The van der Waals surface area contributed by atoms with Crippen LogP contribution in [-0.2, 0) is 0 Å². The Morgan fingerprint density at radius 2 is 2.25 bits per heavy atom. The molecule has 0 saturated heterocycles. The maximum atomic E-state index is 4.26. The van der Waals surface area contributed by atoms with E-state index < -0.39 is 0 Å². The van der Waals surface area contributed by atoms with Gasteiger partial charge in [0.2, 0.25) is 0 Å². The van der Waals surface area contributed by atoms with Gasteiger partial charge in [-0.1, -0.05) is 13.8 Å². The molecular formula is C9H14N2S. The number of hydrogen-bond acceptors (Lipinski definition) is 3. The Bertz CT molecular complexity index is 276. The SMILES string of the molecule is CC.CC1=NCNc2ccsc21. The number of nitrogens with zero attached hydrogens (tertiary/aromatic N) is 1. The Balaban J connectivity index is 0.000000336. The largest absolute Gasteiger partial charge is 0.365 e. The molecule has 0 saturated carbocycles. The van der Waals surface area contributed by atoms with Crippen molar-refractivity contribution in [3.05, 3.63) is 16.3 Å². The Labute approximate surface area is 77.3 Å². The molecule has 0 radical (unpaired) electrons. The van der Waals surface area contributed by atoms with E-state index in [9.17, 15) is 0 Å². The average molecular weight is 182 g/mol. The monoisotopic (exact) mass is 182 g/mol. The van der Waals surface area contributed by atoms with Crippen molar-refractivity contribution in [2.45, 2.75) is 20.8 Å². The van der Waals surface area contributed by atoms with Crippen molar-refractivity contribution < 1.29 is 0 Å². The van der Waals surface area contributed by atoms with Crippen molar-refractivity contribution in [3.63, 3.8) is 0 Å². The van der Waals surface area contributed by atoms with E-state index in [0.29, 0.717) is 0 Å². The molecule has 2 heterocycles. The van der Waals surface area contributed by atoms with Gasteiger partial charge in [-0.3, -0.25) is 4.99 Å². The van der Waals surface area contributed by atoms with Crippen LogP contribution in [0.15, 0.2) is 16.4 Å². The lowest BCUT2D eigenvalue weighted by molar-refractivity contribution is 1.12. The van der Waals surface area contributed by atoms with Crippen LogP contribution in [0.1, 0.15) is 25.6 Å². The van der Waals surface area contributed by atoms with Gasteiger partial charge in [0.05, 0.1) is 16.3 Å². The third kappa shape index (κ3) is 1.67. The van der Waals surface area contributed by atoms with Gasteiger partial charge < -0.3 is 5.32 Å². The van der Waals surface area contributed by atoms with Crippen molar-refractivity contribution in [1.82, 2.24) is 0 Å². The lowest BCUT2D eigenvalue weighted by Gasteiger charge is -2.10. The maximum Gasteiger partial charge on any atom is 0.108 e. The van der Waals surface area contributed by atoms with Gasteiger partial charge in [0.15, 0.2) is 0 Å².